The normalized spacial score (nSPS) is 11.3. The molecule has 3 rings (SSSR count). The van der Waals surface area contributed by atoms with Gasteiger partial charge in [0.25, 0.3) is 5.91 Å². The van der Waals surface area contributed by atoms with Crippen molar-refractivity contribution in [1.29, 1.82) is 0 Å². The Kier molecular flexibility index (Phi) is 6.09. The predicted octanol–water partition coefficient (Wildman–Crippen LogP) is 5.00. The number of thiazole rings is 1. The van der Waals surface area contributed by atoms with E-state index in [9.17, 15) is 9.18 Å². The summed E-state index contributed by atoms with van der Waals surface area (Å²) in [5.41, 5.74) is 2.27. The van der Waals surface area contributed by atoms with E-state index in [0.717, 1.165) is 28.7 Å². The number of aryl methyl sites for hydroxylation is 1. The zero-order chi connectivity index (χ0) is 19.6. The molecule has 0 bridgehead atoms. The van der Waals surface area contributed by atoms with Crippen LogP contribution in [0.2, 0.25) is 5.02 Å². The highest BCUT2D eigenvalue weighted by Gasteiger charge is 2.22. The van der Waals surface area contributed by atoms with Crippen molar-refractivity contribution in [2.24, 2.45) is 0 Å². The van der Waals surface area contributed by atoms with Gasteiger partial charge in [0, 0.05) is 17.1 Å². The van der Waals surface area contributed by atoms with Crippen molar-refractivity contribution in [3.63, 3.8) is 0 Å². The van der Waals surface area contributed by atoms with Crippen LogP contribution in [0.1, 0.15) is 22.3 Å². The van der Waals surface area contributed by atoms with E-state index in [0.29, 0.717) is 22.3 Å². The first kappa shape index (κ1) is 19.7. The lowest BCUT2D eigenvalue weighted by Crippen LogP contribution is -2.33. The first-order chi connectivity index (χ1) is 12.8. The van der Waals surface area contributed by atoms with Gasteiger partial charge >= 0.3 is 0 Å². The van der Waals surface area contributed by atoms with Crippen molar-refractivity contribution in [2.75, 3.05) is 32.1 Å². The Morgan fingerprint density at radius 3 is 2.56 bits per heavy atom. The second kappa shape index (κ2) is 8.33. The third-order valence-electron chi connectivity index (χ3n) is 4.19. The van der Waals surface area contributed by atoms with E-state index in [1.807, 2.05) is 33.2 Å². The van der Waals surface area contributed by atoms with Crippen LogP contribution in [-0.4, -0.2) is 43.0 Å². The Morgan fingerprint density at radius 2 is 1.89 bits per heavy atom. The molecule has 142 valence electrons. The van der Waals surface area contributed by atoms with E-state index in [4.69, 9.17) is 16.6 Å². The van der Waals surface area contributed by atoms with Crippen LogP contribution in [0.5, 0.6) is 0 Å². The third-order valence-corrected chi connectivity index (χ3v) is 5.44. The number of anilines is 1. The van der Waals surface area contributed by atoms with Gasteiger partial charge in [0.1, 0.15) is 5.82 Å². The van der Waals surface area contributed by atoms with Crippen molar-refractivity contribution in [2.45, 2.75) is 13.3 Å². The van der Waals surface area contributed by atoms with E-state index in [-0.39, 0.29) is 11.7 Å². The second-order valence-corrected chi connectivity index (χ2v) is 8.13. The van der Waals surface area contributed by atoms with Gasteiger partial charge in [-0.2, -0.15) is 0 Å². The van der Waals surface area contributed by atoms with Crippen molar-refractivity contribution < 1.29 is 9.18 Å². The minimum absolute atomic E-state index is 0.184. The van der Waals surface area contributed by atoms with Crippen LogP contribution in [0.25, 0.3) is 10.2 Å². The quantitative estimate of drug-likeness (QED) is 0.579. The van der Waals surface area contributed by atoms with Crippen LogP contribution in [0.3, 0.4) is 0 Å². The first-order valence-electron chi connectivity index (χ1n) is 8.64. The van der Waals surface area contributed by atoms with Crippen LogP contribution < -0.4 is 4.90 Å². The lowest BCUT2D eigenvalue weighted by atomic mass is 10.2. The van der Waals surface area contributed by atoms with Gasteiger partial charge in [0.2, 0.25) is 0 Å². The van der Waals surface area contributed by atoms with Gasteiger partial charge < -0.3 is 4.90 Å². The molecule has 27 heavy (non-hydrogen) atoms. The van der Waals surface area contributed by atoms with Gasteiger partial charge in [-0.05, 0) is 75.9 Å². The van der Waals surface area contributed by atoms with Crippen molar-refractivity contribution in [3.8, 4) is 0 Å². The highest BCUT2D eigenvalue weighted by atomic mass is 35.5. The molecule has 7 heteroatoms. The molecular weight excluding hydrogens is 385 g/mol. The molecule has 2 aromatic carbocycles. The summed E-state index contributed by atoms with van der Waals surface area (Å²) < 4.78 is 14.2. The molecule has 0 atom stereocenters. The lowest BCUT2D eigenvalue weighted by molar-refractivity contribution is 0.0986. The number of fused-ring (bicyclic) bond motifs is 1. The zero-order valence-electron chi connectivity index (χ0n) is 15.5. The summed E-state index contributed by atoms with van der Waals surface area (Å²) in [5, 5.41) is 1.28. The Bertz CT molecular complexity index is 956. The molecule has 0 fully saturated rings. The molecule has 4 nitrogen and oxygen atoms in total. The van der Waals surface area contributed by atoms with E-state index >= 15 is 0 Å². The summed E-state index contributed by atoms with van der Waals surface area (Å²) in [5.74, 6) is -0.549. The van der Waals surface area contributed by atoms with Crippen LogP contribution in [-0.2, 0) is 0 Å². The third kappa shape index (κ3) is 4.64. The van der Waals surface area contributed by atoms with Crippen LogP contribution >= 0.6 is 22.9 Å². The number of hydrogen-bond donors (Lipinski definition) is 0. The van der Waals surface area contributed by atoms with Crippen molar-refractivity contribution in [1.82, 2.24) is 9.88 Å². The van der Waals surface area contributed by atoms with Crippen molar-refractivity contribution in [3.05, 3.63) is 58.4 Å². The summed E-state index contributed by atoms with van der Waals surface area (Å²) >= 11 is 7.60. The minimum atomic E-state index is -0.365. The Hall–Kier alpha value is -2.02. The molecular formula is C20H21ClFN3OS. The lowest BCUT2D eigenvalue weighted by Gasteiger charge is -2.21. The molecule has 1 heterocycles. The Labute approximate surface area is 167 Å². The summed E-state index contributed by atoms with van der Waals surface area (Å²) in [6.07, 6.45) is 0.801. The maximum absolute atomic E-state index is 13.2. The number of hydrogen-bond acceptors (Lipinski definition) is 4. The van der Waals surface area contributed by atoms with Gasteiger partial charge in [-0.15, -0.1) is 0 Å². The zero-order valence-corrected chi connectivity index (χ0v) is 17.1. The van der Waals surface area contributed by atoms with Crippen molar-refractivity contribution >= 4 is 44.2 Å². The number of benzene rings is 2. The molecule has 0 saturated carbocycles. The van der Waals surface area contributed by atoms with Gasteiger partial charge in [-0.1, -0.05) is 22.9 Å². The molecule has 1 amide bonds. The number of aromatic nitrogens is 1. The molecule has 0 aliphatic rings. The van der Waals surface area contributed by atoms with Crippen LogP contribution in [0.4, 0.5) is 9.52 Å². The fourth-order valence-electron chi connectivity index (χ4n) is 2.84. The molecule has 3 aromatic rings. The van der Waals surface area contributed by atoms with Crippen LogP contribution in [0, 0.1) is 12.7 Å². The second-order valence-electron chi connectivity index (χ2n) is 6.69. The number of rotatable bonds is 6. The SMILES string of the molecule is Cc1cc(Cl)cc2sc(N(CCCN(C)C)C(=O)c3ccc(F)cc3)nc12. The molecule has 0 aliphatic carbocycles. The monoisotopic (exact) mass is 405 g/mol. The smallest absolute Gasteiger partial charge is 0.260 e. The standard InChI is InChI=1S/C20H21ClFN3OS/c1-13-11-15(21)12-17-18(13)23-20(27-17)25(10-4-9-24(2)3)19(26)14-5-7-16(22)8-6-14/h5-8,11-12H,4,9-10H2,1-3H3. The average molecular weight is 406 g/mol. The largest absolute Gasteiger partial charge is 0.309 e. The van der Waals surface area contributed by atoms with Crippen LogP contribution in [0.15, 0.2) is 36.4 Å². The minimum Gasteiger partial charge on any atom is -0.309 e. The highest BCUT2D eigenvalue weighted by Crippen LogP contribution is 2.33. The van der Waals surface area contributed by atoms with E-state index in [1.165, 1.54) is 35.6 Å². The molecule has 0 unspecified atom stereocenters. The fraction of sp³-hybridized carbons (Fsp3) is 0.300. The molecule has 0 N–H and O–H groups in total. The Balaban J connectivity index is 1.97. The summed E-state index contributed by atoms with van der Waals surface area (Å²) in [6.45, 7) is 3.33. The number of halogens is 2. The topological polar surface area (TPSA) is 36.4 Å². The fourth-order valence-corrected chi connectivity index (χ4v) is 4.28. The number of amides is 1. The van der Waals surface area contributed by atoms with E-state index < -0.39 is 0 Å². The number of carbonyl (C=O) groups excluding carboxylic acids is 1. The van der Waals surface area contributed by atoms with E-state index in [1.54, 1.807) is 4.90 Å². The van der Waals surface area contributed by atoms with Gasteiger partial charge in [0.05, 0.1) is 10.2 Å². The summed E-state index contributed by atoms with van der Waals surface area (Å²) in [7, 11) is 3.99. The molecule has 0 aliphatic heterocycles. The predicted molar refractivity (Wildman–Crippen MR) is 111 cm³/mol. The summed E-state index contributed by atoms with van der Waals surface area (Å²) in [4.78, 5) is 21.5. The molecule has 0 radical (unpaired) electrons. The highest BCUT2D eigenvalue weighted by molar-refractivity contribution is 7.22. The number of carbonyl (C=O) groups is 1. The van der Waals surface area contributed by atoms with Gasteiger partial charge in [-0.3, -0.25) is 9.69 Å². The maximum atomic E-state index is 13.2. The van der Waals surface area contributed by atoms with E-state index in [2.05, 4.69) is 4.90 Å². The summed E-state index contributed by atoms with van der Waals surface area (Å²) in [6, 6.07) is 9.34. The molecule has 0 saturated heterocycles. The maximum Gasteiger partial charge on any atom is 0.260 e. The number of nitrogens with zero attached hydrogens (tertiary/aromatic N) is 3. The molecule has 1 aromatic heterocycles. The van der Waals surface area contributed by atoms with Gasteiger partial charge in [0.15, 0.2) is 5.13 Å². The average Bonchev–Trinajstić information content (AvgIpc) is 3.02. The first-order valence-corrected chi connectivity index (χ1v) is 9.83. The van der Waals surface area contributed by atoms with Gasteiger partial charge in [-0.25, -0.2) is 9.37 Å². The molecule has 0 spiro atoms. The Morgan fingerprint density at radius 1 is 1.19 bits per heavy atom.